The highest BCUT2D eigenvalue weighted by molar-refractivity contribution is 4.86. The third kappa shape index (κ3) is 2.96. The number of hydrogen-bond donors (Lipinski definition) is 1. The minimum atomic E-state index is 0.747. The Kier molecular flexibility index (Phi) is 4.62. The number of ether oxygens (including phenoxy) is 1. The summed E-state index contributed by atoms with van der Waals surface area (Å²) in [7, 11) is 0. The van der Waals surface area contributed by atoms with Crippen LogP contribution in [0.2, 0.25) is 0 Å². The number of nitrogens with one attached hydrogen (secondary N) is 1. The molecule has 0 spiro atoms. The zero-order chi connectivity index (χ0) is 11.4. The summed E-state index contributed by atoms with van der Waals surface area (Å²) in [5.41, 5.74) is 0. The smallest absolute Gasteiger partial charge is 0.0594 e. The molecule has 2 atom stereocenters. The zero-order valence-corrected chi connectivity index (χ0v) is 10.7. The van der Waals surface area contributed by atoms with Crippen molar-refractivity contribution in [3.05, 3.63) is 0 Å². The van der Waals surface area contributed by atoms with Gasteiger partial charge in [0.25, 0.3) is 0 Å². The molecule has 2 heterocycles. The van der Waals surface area contributed by atoms with E-state index in [4.69, 9.17) is 4.74 Å². The number of hydrogen-bond acceptors (Lipinski definition) is 3. The number of rotatable bonds is 3. The van der Waals surface area contributed by atoms with Crippen molar-refractivity contribution in [2.75, 3.05) is 39.4 Å². The van der Waals surface area contributed by atoms with Crippen molar-refractivity contribution in [2.24, 2.45) is 11.8 Å². The van der Waals surface area contributed by atoms with Crippen LogP contribution in [0.5, 0.6) is 0 Å². The maximum Gasteiger partial charge on any atom is 0.0594 e. The van der Waals surface area contributed by atoms with Gasteiger partial charge < -0.3 is 10.1 Å². The summed E-state index contributed by atoms with van der Waals surface area (Å²) in [4.78, 5) is 2.66. The van der Waals surface area contributed by atoms with E-state index in [9.17, 15) is 0 Å². The van der Waals surface area contributed by atoms with Crippen molar-refractivity contribution in [1.82, 2.24) is 10.2 Å². The molecule has 0 aromatic heterocycles. The monoisotopic (exact) mass is 226 g/mol. The lowest BCUT2D eigenvalue weighted by molar-refractivity contribution is -0.0136. The fraction of sp³-hybridized carbons (Fsp3) is 1.00. The predicted molar refractivity (Wildman–Crippen MR) is 66.6 cm³/mol. The van der Waals surface area contributed by atoms with E-state index in [1.54, 1.807) is 0 Å². The van der Waals surface area contributed by atoms with Crippen LogP contribution in [0.15, 0.2) is 0 Å². The average molecular weight is 226 g/mol. The molecule has 2 aliphatic heterocycles. The molecular weight excluding hydrogens is 200 g/mol. The van der Waals surface area contributed by atoms with Gasteiger partial charge in [0.2, 0.25) is 0 Å². The van der Waals surface area contributed by atoms with Crippen LogP contribution in [-0.4, -0.2) is 50.3 Å². The highest BCUT2D eigenvalue weighted by Crippen LogP contribution is 2.25. The molecule has 0 bridgehead atoms. The lowest BCUT2D eigenvalue weighted by Gasteiger charge is -2.43. The topological polar surface area (TPSA) is 24.5 Å². The fourth-order valence-corrected chi connectivity index (χ4v) is 3.31. The maximum absolute atomic E-state index is 5.46. The molecular formula is C13H26N2O. The van der Waals surface area contributed by atoms with Crippen LogP contribution in [0, 0.1) is 11.8 Å². The Balaban J connectivity index is 1.96. The molecule has 3 heteroatoms. The first-order valence-corrected chi connectivity index (χ1v) is 6.81. The van der Waals surface area contributed by atoms with E-state index in [-0.39, 0.29) is 0 Å². The van der Waals surface area contributed by atoms with E-state index in [1.807, 2.05) is 0 Å². The summed E-state index contributed by atoms with van der Waals surface area (Å²) in [6, 6.07) is 0.747. The van der Waals surface area contributed by atoms with Crippen molar-refractivity contribution >= 4 is 0 Å². The van der Waals surface area contributed by atoms with Crippen LogP contribution < -0.4 is 5.32 Å². The van der Waals surface area contributed by atoms with E-state index in [1.165, 1.54) is 25.9 Å². The first-order chi connectivity index (χ1) is 7.79. The van der Waals surface area contributed by atoms with Crippen molar-refractivity contribution in [2.45, 2.75) is 32.7 Å². The van der Waals surface area contributed by atoms with Crippen molar-refractivity contribution in [1.29, 1.82) is 0 Å². The van der Waals surface area contributed by atoms with Gasteiger partial charge in [-0.05, 0) is 37.8 Å². The van der Waals surface area contributed by atoms with Gasteiger partial charge in [0.15, 0.2) is 0 Å². The Morgan fingerprint density at radius 1 is 1.25 bits per heavy atom. The van der Waals surface area contributed by atoms with E-state index in [2.05, 4.69) is 24.1 Å². The van der Waals surface area contributed by atoms with E-state index in [0.717, 1.165) is 44.2 Å². The first-order valence-electron chi connectivity index (χ1n) is 6.81. The molecule has 2 saturated heterocycles. The molecule has 2 rings (SSSR count). The lowest BCUT2D eigenvalue weighted by atomic mass is 9.84. The standard InChI is InChI=1S/C13H26N2O/c1-11(2)13(12-4-3-5-14-10-12)15-6-8-16-9-7-15/h11-14H,3-10H2,1-2H3. The second kappa shape index (κ2) is 5.99. The summed E-state index contributed by atoms with van der Waals surface area (Å²) in [5, 5.41) is 3.55. The van der Waals surface area contributed by atoms with Crippen molar-refractivity contribution in [3.8, 4) is 0 Å². The third-order valence-corrected chi connectivity index (χ3v) is 3.97. The van der Waals surface area contributed by atoms with Crippen LogP contribution in [0.4, 0.5) is 0 Å². The molecule has 2 aliphatic rings. The molecule has 0 radical (unpaired) electrons. The van der Waals surface area contributed by atoms with Gasteiger partial charge in [-0.2, -0.15) is 0 Å². The summed E-state index contributed by atoms with van der Waals surface area (Å²) < 4.78 is 5.46. The Morgan fingerprint density at radius 3 is 2.56 bits per heavy atom. The highest BCUT2D eigenvalue weighted by Gasteiger charge is 2.31. The van der Waals surface area contributed by atoms with Crippen LogP contribution in [0.25, 0.3) is 0 Å². The van der Waals surface area contributed by atoms with Gasteiger partial charge >= 0.3 is 0 Å². The largest absolute Gasteiger partial charge is 0.379 e. The molecule has 3 nitrogen and oxygen atoms in total. The maximum atomic E-state index is 5.46. The Morgan fingerprint density at radius 2 is 2.00 bits per heavy atom. The quantitative estimate of drug-likeness (QED) is 0.786. The van der Waals surface area contributed by atoms with Crippen LogP contribution in [0.3, 0.4) is 0 Å². The Bertz CT molecular complexity index is 178. The molecule has 0 saturated carbocycles. The van der Waals surface area contributed by atoms with Crippen LogP contribution >= 0.6 is 0 Å². The molecule has 0 aromatic carbocycles. The highest BCUT2D eigenvalue weighted by atomic mass is 16.5. The van der Waals surface area contributed by atoms with E-state index < -0.39 is 0 Å². The van der Waals surface area contributed by atoms with Crippen molar-refractivity contribution in [3.63, 3.8) is 0 Å². The molecule has 0 aliphatic carbocycles. The first kappa shape index (κ1) is 12.3. The summed E-state index contributed by atoms with van der Waals surface area (Å²) >= 11 is 0. The second-order valence-corrected chi connectivity index (χ2v) is 5.49. The Labute approximate surface area is 99.5 Å². The van der Waals surface area contributed by atoms with E-state index >= 15 is 0 Å². The SMILES string of the molecule is CC(C)C(C1CCCNC1)N1CCOCC1. The zero-order valence-electron chi connectivity index (χ0n) is 10.7. The second-order valence-electron chi connectivity index (χ2n) is 5.49. The number of nitrogens with zero attached hydrogens (tertiary/aromatic N) is 1. The van der Waals surface area contributed by atoms with Gasteiger partial charge in [0, 0.05) is 19.1 Å². The fourth-order valence-electron chi connectivity index (χ4n) is 3.31. The van der Waals surface area contributed by atoms with Crippen LogP contribution in [-0.2, 0) is 4.74 Å². The number of morpholine rings is 1. The van der Waals surface area contributed by atoms with E-state index in [0.29, 0.717) is 0 Å². The molecule has 2 fully saturated rings. The predicted octanol–water partition coefficient (Wildman–Crippen LogP) is 1.34. The molecule has 2 unspecified atom stereocenters. The lowest BCUT2D eigenvalue weighted by Crippen LogP contribution is -2.52. The summed E-state index contributed by atoms with van der Waals surface area (Å²) in [5.74, 6) is 1.59. The average Bonchev–Trinajstić information content (AvgIpc) is 2.31. The number of piperidine rings is 1. The molecule has 0 amide bonds. The summed E-state index contributed by atoms with van der Waals surface area (Å²) in [6.07, 6.45) is 2.74. The minimum Gasteiger partial charge on any atom is -0.379 e. The molecule has 94 valence electrons. The van der Waals surface area contributed by atoms with Gasteiger partial charge in [-0.25, -0.2) is 0 Å². The normalized spacial score (nSPS) is 30.6. The summed E-state index contributed by atoms with van der Waals surface area (Å²) in [6.45, 7) is 11.2. The molecule has 0 aromatic rings. The van der Waals surface area contributed by atoms with Crippen LogP contribution in [0.1, 0.15) is 26.7 Å². The van der Waals surface area contributed by atoms with Gasteiger partial charge in [0.05, 0.1) is 13.2 Å². The van der Waals surface area contributed by atoms with Gasteiger partial charge in [-0.1, -0.05) is 13.8 Å². The minimum absolute atomic E-state index is 0.747. The Hall–Kier alpha value is -0.120. The van der Waals surface area contributed by atoms with Gasteiger partial charge in [-0.3, -0.25) is 4.90 Å². The van der Waals surface area contributed by atoms with Gasteiger partial charge in [0.1, 0.15) is 0 Å². The molecule has 1 N–H and O–H groups in total. The molecule has 16 heavy (non-hydrogen) atoms. The van der Waals surface area contributed by atoms with Gasteiger partial charge in [-0.15, -0.1) is 0 Å². The third-order valence-electron chi connectivity index (χ3n) is 3.97. The van der Waals surface area contributed by atoms with Crippen molar-refractivity contribution < 1.29 is 4.74 Å².